The van der Waals surface area contributed by atoms with E-state index in [0.717, 1.165) is 0 Å². The fourth-order valence-corrected chi connectivity index (χ4v) is 1.06. The predicted molar refractivity (Wildman–Crippen MR) is 50.9 cm³/mol. The topological polar surface area (TPSA) is 55.8 Å². The Bertz CT molecular complexity index is 352. The number of carbonyl (C=O) groups excluding carboxylic acids is 1. The predicted octanol–water partition coefficient (Wildman–Crippen LogP) is 1.02. The van der Waals surface area contributed by atoms with Crippen LogP contribution in [0.4, 0.5) is 4.39 Å². The Morgan fingerprint density at radius 3 is 2.80 bits per heavy atom. The van der Waals surface area contributed by atoms with Crippen LogP contribution in [-0.2, 0) is 0 Å². The molecular formula is C10H11FO4. The molecule has 0 fully saturated rings. The summed E-state index contributed by atoms with van der Waals surface area (Å²) < 4.78 is 23.2. The van der Waals surface area contributed by atoms with Gasteiger partial charge in [0.15, 0.2) is 17.9 Å². The first-order valence-corrected chi connectivity index (χ1v) is 4.29. The van der Waals surface area contributed by atoms with E-state index < -0.39 is 5.82 Å². The van der Waals surface area contributed by atoms with Crippen molar-refractivity contribution in [3.63, 3.8) is 0 Å². The highest BCUT2D eigenvalue weighted by Gasteiger charge is 2.11. The monoisotopic (exact) mass is 214 g/mol. The number of aliphatic hydroxyl groups excluding tert-OH is 1. The number of methoxy groups -OCH3 is 1. The van der Waals surface area contributed by atoms with Crippen molar-refractivity contribution in [2.24, 2.45) is 0 Å². The van der Waals surface area contributed by atoms with Crippen LogP contribution in [0.5, 0.6) is 11.5 Å². The van der Waals surface area contributed by atoms with E-state index in [1.807, 2.05) is 0 Å². The van der Waals surface area contributed by atoms with Crippen molar-refractivity contribution in [1.82, 2.24) is 0 Å². The maximum atomic E-state index is 13.4. The molecule has 0 bridgehead atoms. The first kappa shape index (κ1) is 11.5. The Balaban J connectivity index is 3.06. The molecule has 0 saturated carbocycles. The highest BCUT2D eigenvalue weighted by atomic mass is 19.1. The highest BCUT2D eigenvalue weighted by Crippen LogP contribution is 2.26. The lowest BCUT2D eigenvalue weighted by molar-refractivity contribution is 0.111. The number of benzene rings is 1. The molecule has 0 aromatic heterocycles. The molecule has 1 aromatic carbocycles. The van der Waals surface area contributed by atoms with Gasteiger partial charge in [-0.1, -0.05) is 0 Å². The molecule has 0 aliphatic heterocycles. The SMILES string of the molecule is COc1cc(C=O)c(F)c(OCCO)c1. The first-order chi connectivity index (χ1) is 7.22. The first-order valence-electron chi connectivity index (χ1n) is 4.29. The molecule has 1 rings (SSSR count). The van der Waals surface area contributed by atoms with Crippen LogP contribution in [0, 0.1) is 5.82 Å². The van der Waals surface area contributed by atoms with Gasteiger partial charge in [0, 0.05) is 6.07 Å². The average molecular weight is 214 g/mol. The zero-order chi connectivity index (χ0) is 11.3. The summed E-state index contributed by atoms with van der Waals surface area (Å²) in [5, 5.41) is 8.52. The lowest BCUT2D eigenvalue weighted by Gasteiger charge is -2.09. The zero-order valence-electron chi connectivity index (χ0n) is 8.20. The molecule has 0 amide bonds. The summed E-state index contributed by atoms with van der Waals surface area (Å²) in [6.45, 7) is -0.268. The molecule has 1 N–H and O–H groups in total. The molecule has 0 aliphatic rings. The van der Waals surface area contributed by atoms with E-state index in [9.17, 15) is 9.18 Å². The number of rotatable bonds is 5. The molecule has 0 heterocycles. The second-order valence-electron chi connectivity index (χ2n) is 2.72. The smallest absolute Gasteiger partial charge is 0.175 e. The Labute approximate surface area is 86.2 Å². The quantitative estimate of drug-likeness (QED) is 0.743. The molecule has 0 radical (unpaired) electrons. The third-order valence-electron chi connectivity index (χ3n) is 1.75. The van der Waals surface area contributed by atoms with Gasteiger partial charge in [-0.3, -0.25) is 4.79 Å². The zero-order valence-corrected chi connectivity index (χ0v) is 8.20. The van der Waals surface area contributed by atoms with Crippen LogP contribution in [0.1, 0.15) is 10.4 Å². The van der Waals surface area contributed by atoms with Gasteiger partial charge in [-0.25, -0.2) is 4.39 Å². The number of aldehydes is 1. The van der Waals surface area contributed by atoms with Crippen LogP contribution in [0.15, 0.2) is 12.1 Å². The number of hydrogen-bond acceptors (Lipinski definition) is 4. The molecule has 1 aromatic rings. The minimum absolute atomic E-state index is 0.0393. The molecule has 82 valence electrons. The van der Waals surface area contributed by atoms with Crippen molar-refractivity contribution in [2.45, 2.75) is 0 Å². The fourth-order valence-electron chi connectivity index (χ4n) is 1.06. The lowest BCUT2D eigenvalue weighted by atomic mass is 10.2. The molecule has 0 aliphatic carbocycles. The number of hydrogen-bond donors (Lipinski definition) is 1. The minimum atomic E-state index is -0.751. The summed E-state index contributed by atoms with van der Waals surface area (Å²) in [6, 6.07) is 2.59. The number of carbonyl (C=O) groups is 1. The van der Waals surface area contributed by atoms with Crippen molar-refractivity contribution >= 4 is 6.29 Å². The Morgan fingerprint density at radius 2 is 2.27 bits per heavy atom. The molecule has 0 spiro atoms. The van der Waals surface area contributed by atoms with Crippen LogP contribution in [0.3, 0.4) is 0 Å². The molecule has 5 heteroatoms. The number of ether oxygens (including phenoxy) is 2. The van der Waals surface area contributed by atoms with Crippen molar-refractivity contribution in [2.75, 3.05) is 20.3 Å². The maximum absolute atomic E-state index is 13.4. The van der Waals surface area contributed by atoms with Crippen LogP contribution in [0.2, 0.25) is 0 Å². The molecular weight excluding hydrogens is 203 g/mol. The van der Waals surface area contributed by atoms with E-state index in [-0.39, 0.29) is 24.5 Å². The fraction of sp³-hybridized carbons (Fsp3) is 0.300. The van der Waals surface area contributed by atoms with Gasteiger partial charge in [-0.2, -0.15) is 0 Å². The van der Waals surface area contributed by atoms with E-state index in [2.05, 4.69) is 0 Å². The van der Waals surface area contributed by atoms with Gasteiger partial charge in [0.05, 0.1) is 19.3 Å². The van der Waals surface area contributed by atoms with Gasteiger partial charge < -0.3 is 14.6 Å². The second kappa shape index (κ2) is 5.31. The molecule has 15 heavy (non-hydrogen) atoms. The lowest BCUT2D eigenvalue weighted by Crippen LogP contribution is -2.05. The minimum Gasteiger partial charge on any atom is -0.497 e. The molecule has 0 atom stereocenters. The maximum Gasteiger partial charge on any atom is 0.175 e. The summed E-state index contributed by atoms with van der Waals surface area (Å²) in [7, 11) is 1.40. The third-order valence-corrected chi connectivity index (χ3v) is 1.75. The Hall–Kier alpha value is -1.62. The molecule has 4 nitrogen and oxygen atoms in total. The standard InChI is InChI=1S/C10H11FO4/c1-14-8-4-7(6-13)10(11)9(5-8)15-3-2-12/h4-6,12H,2-3H2,1H3. The van der Waals surface area contributed by atoms with Crippen molar-refractivity contribution in [3.8, 4) is 11.5 Å². The Morgan fingerprint density at radius 1 is 1.53 bits per heavy atom. The van der Waals surface area contributed by atoms with Gasteiger partial charge >= 0.3 is 0 Å². The summed E-state index contributed by atoms with van der Waals surface area (Å²) in [6.07, 6.45) is 0.379. The highest BCUT2D eigenvalue weighted by molar-refractivity contribution is 5.77. The van der Waals surface area contributed by atoms with Gasteiger partial charge in [0.2, 0.25) is 0 Å². The summed E-state index contributed by atoms with van der Waals surface area (Å²) in [4.78, 5) is 10.5. The van der Waals surface area contributed by atoms with Crippen LogP contribution < -0.4 is 9.47 Å². The Kier molecular flexibility index (Phi) is 4.05. The van der Waals surface area contributed by atoms with E-state index in [0.29, 0.717) is 12.0 Å². The number of aliphatic hydroxyl groups is 1. The average Bonchev–Trinajstić information content (AvgIpc) is 2.27. The van der Waals surface area contributed by atoms with Crippen LogP contribution in [-0.4, -0.2) is 31.7 Å². The van der Waals surface area contributed by atoms with E-state index in [4.69, 9.17) is 14.6 Å². The van der Waals surface area contributed by atoms with Gasteiger partial charge in [-0.15, -0.1) is 0 Å². The van der Waals surface area contributed by atoms with Crippen molar-refractivity contribution < 1.29 is 23.8 Å². The summed E-state index contributed by atoms with van der Waals surface area (Å²) in [5.41, 5.74) is -0.137. The molecule has 0 saturated heterocycles. The third kappa shape index (κ3) is 2.66. The van der Waals surface area contributed by atoms with E-state index in [1.54, 1.807) is 0 Å². The van der Waals surface area contributed by atoms with E-state index >= 15 is 0 Å². The van der Waals surface area contributed by atoms with Crippen molar-refractivity contribution in [3.05, 3.63) is 23.5 Å². The van der Waals surface area contributed by atoms with Crippen molar-refractivity contribution in [1.29, 1.82) is 0 Å². The van der Waals surface area contributed by atoms with Gasteiger partial charge in [0.25, 0.3) is 0 Å². The number of halogens is 1. The van der Waals surface area contributed by atoms with Gasteiger partial charge in [0.1, 0.15) is 12.4 Å². The van der Waals surface area contributed by atoms with Crippen LogP contribution in [0.25, 0.3) is 0 Å². The summed E-state index contributed by atoms with van der Waals surface area (Å²) in [5.74, 6) is -0.531. The van der Waals surface area contributed by atoms with Gasteiger partial charge in [-0.05, 0) is 6.07 Å². The second-order valence-corrected chi connectivity index (χ2v) is 2.72. The largest absolute Gasteiger partial charge is 0.497 e. The summed E-state index contributed by atoms with van der Waals surface area (Å²) >= 11 is 0. The van der Waals surface area contributed by atoms with E-state index in [1.165, 1.54) is 19.2 Å². The molecule has 0 unspecified atom stereocenters. The van der Waals surface area contributed by atoms with Crippen LogP contribution >= 0.6 is 0 Å². The normalized spacial score (nSPS) is 9.80.